The molecule has 0 aliphatic carbocycles. The van der Waals surface area contributed by atoms with Crippen LogP contribution in [0.15, 0.2) is 12.4 Å². The zero-order valence-corrected chi connectivity index (χ0v) is 19.0. The van der Waals surface area contributed by atoms with E-state index in [4.69, 9.17) is 0 Å². The topological polar surface area (TPSA) is 8.81 Å². The molecule has 1 rings (SSSR count). The molecule has 158 valence electrons. The fraction of sp³-hybridized carbons (Fsp3) is 0.880. The normalized spacial score (nSPS) is 11.4. The minimum absolute atomic E-state index is 1.11. The molecular weight excluding hydrogens is 328 g/mol. The predicted octanol–water partition coefficient (Wildman–Crippen LogP) is 7.62. The lowest BCUT2D eigenvalue weighted by atomic mass is 10.1. The lowest BCUT2D eigenvalue weighted by Gasteiger charge is -2.05. The molecule has 0 amide bonds. The van der Waals surface area contributed by atoms with E-state index in [-0.39, 0.29) is 0 Å². The summed E-state index contributed by atoms with van der Waals surface area (Å²) in [6.45, 7) is 9.19. The van der Waals surface area contributed by atoms with Crippen LogP contribution in [0.5, 0.6) is 0 Å². The Kier molecular flexibility index (Phi) is 15.6. The molecule has 0 aromatic carbocycles. The van der Waals surface area contributed by atoms with E-state index >= 15 is 0 Å². The fourth-order valence-corrected chi connectivity index (χ4v) is 4.11. The van der Waals surface area contributed by atoms with Gasteiger partial charge in [0.1, 0.15) is 12.4 Å². The highest BCUT2D eigenvalue weighted by molar-refractivity contribution is 4.83. The lowest BCUT2D eigenvalue weighted by Crippen LogP contribution is -2.37. The van der Waals surface area contributed by atoms with Gasteiger partial charge in [0.2, 0.25) is 0 Å². The molecule has 0 radical (unpaired) electrons. The van der Waals surface area contributed by atoms with Crippen molar-refractivity contribution in [3.8, 4) is 0 Å². The lowest BCUT2D eigenvalue weighted by molar-refractivity contribution is -0.704. The molecule has 27 heavy (non-hydrogen) atoms. The van der Waals surface area contributed by atoms with Crippen LogP contribution in [0, 0.1) is 0 Å². The number of hydrogen-bond donors (Lipinski definition) is 0. The molecule has 0 bridgehead atoms. The number of hydrogen-bond acceptors (Lipinski definition) is 0. The highest BCUT2D eigenvalue weighted by Crippen LogP contribution is 2.12. The average molecular weight is 378 g/mol. The van der Waals surface area contributed by atoms with Crippen molar-refractivity contribution < 1.29 is 4.57 Å². The molecule has 0 saturated heterocycles. The maximum atomic E-state index is 2.54. The van der Waals surface area contributed by atoms with Crippen molar-refractivity contribution in [1.82, 2.24) is 4.57 Å². The number of aromatic nitrogens is 2. The quantitative estimate of drug-likeness (QED) is 0.173. The van der Waals surface area contributed by atoms with Crippen LogP contribution in [-0.2, 0) is 19.5 Å². The molecule has 0 saturated carbocycles. The Morgan fingerprint density at radius 2 is 1.11 bits per heavy atom. The van der Waals surface area contributed by atoms with E-state index < -0.39 is 0 Å². The molecule has 0 N–H and O–H groups in total. The van der Waals surface area contributed by atoms with Crippen LogP contribution < -0.4 is 4.57 Å². The number of unbranched alkanes of at least 4 members (excludes halogenated alkanes) is 14. The number of rotatable bonds is 19. The molecule has 0 fully saturated rings. The predicted molar refractivity (Wildman–Crippen MR) is 119 cm³/mol. The largest absolute Gasteiger partial charge is 0.256 e. The third-order valence-corrected chi connectivity index (χ3v) is 5.94. The van der Waals surface area contributed by atoms with Gasteiger partial charge in [0, 0.05) is 6.42 Å². The van der Waals surface area contributed by atoms with Gasteiger partial charge in [0.15, 0.2) is 0 Å². The second kappa shape index (κ2) is 17.3. The first kappa shape index (κ1) is 24.2. The summed E-state index contributed by atoms with van der Waals surface area (Å²) in [6, 6.07) is 0. The van der Waals surface area contributed by atoms with Gasteiger partial charge in [-0.05, 0) is 26.2 Å². The van der Waals surface area contributed by atoms with Gasteiger partial charge in [-0.3, -0.25) is 0 Å². The van der Waals surface area contributed by atoms with Gasteiger partial charge >= 0.3 is 0 Å². The summed E-state index contributed by atoms with van der Waals surface area (Å²) >= 11 is 0. The maximum Gasteiger partial charge on any atom is 0.256 e. The Hall–Kier alpha value is -0.790. The highest BCUT2D eigenvalue weighted by Gasteiger charge is 2.15. The van der Waals surface area contributed by atoms with Gasteiger partial charge in [0.25, 0.3) is 5.82 Å². The molecule has 2 nitrogen and oxygen atoms in total. The zero-order valence-electron chi connectivity index (χ0n) is 19.0. The zero-order chi connectivity index (χ0) is 19.6. The number of nitrogens with zero attached hydrogens (tertiary/aromatic N) is 2. The third kappa shape index (κ3) is 11.6. The molecule has 0 spiro atoms. The molecule has 0 unspecified atom stereocenters. The minimum Gasteiger partial charge on any atom is -0.235 e. The Bertz CT molecular complexity index is 436. The first-order chi connectivity index (χ1) is 13.3. The molecule has 2 heteroatoms. The van der Waals surface area contributed by atoms with E-state index in [0.29, 0.717) is 0 Å². The smallest absolute Gasteiger partial charge is 0.235 e. The summed E-state index contributed by atoms with van der Waals surface area (Å²) in [7, 11) is 0. The van der Waals surface area contributed by atoms with Gasteiger partial charge in [-0.25, -0.2) is 9.13 Å². The van der Waals surface area contributed by atoms with Gasteiger partial charge in [0.05, 0.1) is 13.1 Å². The summed E-state index contributed by atoms with van der Waals surface area (Å²) in [6.07, 6.45) is 28.4. The first-order valence-electron chi connectivity index (χ1n) is 12.4. The van der Waals surface area contributed by atoms with Crippen LogP contribution in [0.4, 0.5) is 0 Å². The second-order valence-electron chi connectivity index (χ2n) is 8.39. The molecule has 1 aromatic rings. The summed E-state index contributed by atoms with van der Waals surface area (Å²) < 4.78 is 5.00. The van der Waals surface area contributed by atoms with Gasteiger partial charge in [-0.2, -0.15) is 0 Å². The SMILES string of the molecule is CCCCCCCCCCCCc1n(CC)cc[n+]1CCCCCCCC. The minimum atomic E-state index is 1.11. The summed E-state index contributed by atoms with van der Waals surface area (Å²) in [5.41, 5.74) is 0. The first-order valence-corrected chi connectivity index (χ1v) is 12.4. The van der Waals surface area contributed by atoms with E-state index in [9.17, 15) is 0 Å². The van der Waals surface area contributed by atoms with Crippen LogP contribution in [0.2, 0.25) is 0 Å². The summed E-state index contributed by atoms with van der Waals surface area (Å²) in [5.74, 6) is 1.56. The average Bonchev–Trinajstić information content (AvgIpc) is 3.08. The molecule has 0 atom stereocenters. The van der Waals surface area contributed by atoms with E-state index in [1.54, 1.807) is 5.82 Å². The number of imidazole rings is 1. The third-order valence-electron chi connectivity index (χ3n) is 5.94. The van der Waals surface area contributed by atoms with Crippen LogP contribution in [0.25, 0.3) is 0 Å². The van der Waals surface area contributed by atoms with Crippen molar-refractivity contribution in [1.29, 1.82) is 0 Å². The van der Waals surface area contributed by atoms with Crippen LogP contribution in [0.1, 0.15) is 129 Å². The summed E-state index contributed by atoms with van der Waals surface area (Å²) in [5, 5.41) is 0. The van der Waals surface area contributed by atoms with E-state index in [2.05, 4.69) is 42.3 Å². The molecular formula is C25H49N2+. The molecule has 0 aliphatic rings. The van der Waals surface area contributed by atoms with Crippen molar-refractivity contribution in [3.63, 3.8) is 0 Å². The fourth-order valence-electron chi connectivity index (χ4n) is 4.11. The van der Waals surface area contributed by atoms with Gasteiger partial charge < -0.3 is 0 Å². The van der Waals surface area contributed by atoms with Gasteiger partial charge in [-0.15, -0.1) is 0 Å². The van der Waals surface area contributed by atoms with Crippen LogP contribution >= 0.6 is 0 Å². The van der Waals surface area contributed by atoms with Crippen molar-refractivity contribution >= 4 is 0 Å². The van der Waals surface area contributed by atoms with Crippen molar-refractivity contribution in [2.75, 3.05) is 0 Å². The van der Waals surface area contributed by atoms with Crippen LogP contribution in [0.3, 0.4) is 0 Å². The Morgan fingerprint density at radius 3 is 1.63 bits per heavy atom. The molecule has 1 heterocycles. The Labute approximate surface area is 170 Å². The standard InChI is InChI=1S/C25H49N2/c1-4-7-9-11-13-14-15-16-17-19-21-25-26(6-3)23-24-27(25)22-20-18-12-10-8-5-2/h23-24H,4-22H2,1-3H3/q+1. The van der Waals surface area contributed by atoms with Crippen molar-refractivity contribution in [2.24, 2.45) is 0 Å². The van der Waals surface area contributed by atoms with Crippen molar-refractivity contribution in [2.45, 2.75) is 143 Å². The maximum absolute atomic E-state index is 2.54. The van der Waals surface area contributed by atoms with Crippen molar-refractivity contribution in [3.05, 3.63) is 18.2 Å². The number of aryl methyl sites for hydroxylation is 2. The Balaban J connectivity index is 2.16. The highest BCUT2D eigenvalue weighted by atomic mass is 15.1. The Morgan fingerprint density at radius 1 is 0.630 bits per heavy atom. The second-order valence-corrected chi connectivity index (χ2v) is 8.39. The molecule has 0 aliphatic heterocycles. The van der Waals surface area contributed by atoms with E-state index in [1.807, 2.05) is 0 Å². The monoisotopic (exact) mass is 377 g/mol. The van der Waals surface area contributed by atoms with E-state index in [1.165, 1.54) is 116 Å². The van der Waals surface area contributed by atoms with E-state index in [0.717, 1.165) is 6.54 Å². The molecule has 1 aromatic heterocycles. The van der Waals surface area contributed by atoms with Gasteiger partial charge in [-0.1, -0.05) is 97.3 Å². The van der Waals surface area contributed by atoms with Crippen LogP contribution in [-0.4, -0.2) is 4.57 Å². The summed E-state index contributed by atoms with van der Waals surface area (Å²) in [4.78, 5) is 0.